The highest BCUT2D eigenvalue weighted by molar-refractivity contribution is 6.08. The lowest BCUT2D eigenvalue weighted by Crippen LogP contribution is -2.11. The van der Waals surface area contributed by atoms with Gasteiger partial charge in [-0.3, -0.25) is 0 Å². The summed E-state index contributed by atoms with van der Waals surface area (Å²) in [5.74, 6) is 0. The zero-order chi connectivity index (χ0) is 8.95. The first kappa shape index (κ1) is 18.3. The second-order valence-electron chi connectivity index (χ2n) is 2.09. The van der Waals surface area contributed by atoms with Gasteiger partial charge in [0.2, 0.25) is 0 Å². The molecule has 0 aliphatic rings. The average Bonchev–Trinajstić information content (AvgIpc) is 2.06. The van der Waals surface area contributed by atoms with Crippen LogP contribution in [0, 0.1) is 0 Å². The maximum Gasteiger partial charge on any atom is 1.41 e. The van der Waals surface area contributed by atoms with E-state index in [0.717, 1.165) is 13.1 Å². The minimum absolute atomic E-state index is 0. The molecule has 0 fully saturated rings. The number of halogens is 1. The van der Waals surface area contributed by atoms with Gasteiger partial charge in [-0.1, -0.05) is 19.1 Å². The molecule has 0 aromatic carbocycles. The molecular formula is C9H19ClMgN+2. The van der Waals surface area contributed by atoms with Crippen LogP contribution in [0.25, 0.3) is 0 Å². The predicted molar refractivity (Wildman–Crippen MR) is 61.4 cm³/mol. The van der Waals surface area contributed by atoms with E-state index >= 15 is 0 Å². The van der Waals surface area contributed by atoms with E-state index in [2.05, 4.69) is 25.4 Å². The average molecular weight is 201 g/mol. The van der Waals surface area contributed by atoms with E-state index in [1.54, 1.807) is 0 Å². The second kappa shape index (κ2) is 22.5. The van der Waals surface area contributed by atoms with Crippen molar-refractivity contribution in [2.45, 2.75) is 17.9 Å². The van der Waals surface area contributed by atoms with Gasteiger partial charge in [-0.05, 0) is 0 Å². The van der Waals surface area contributed by atoms with Crippen LogP contribution >= 0.6 is 12.4 Å². The zero-order valence-electron chi connectivity index (χ0n) is 8.01. The van der Waals surface area contributed by atoms with Crippen LogP contribution in [0.3, 0.4) is 0 Å². The first-order chi connectivity index (χ1) is 5.33. The van der Waals surface area contributed by atoms with Gasteiger partial charge in [0.15, 0.2) is 0 Å². The highest BCUT2D eigenvalue weighted by Gasteiger charge is 2.17. The van der Waals surface area contributed by atoms with E-state index in [9.17, 15) is 0 Å². The largest absolute Gasteiger partial charge is 1.41 e. The quantitative estimate of drug-likeness (QED) is 0.409. The highest BCUT2D eigenvalue weighted by atomic mass is 35.5. The summed E-state index contributed by atoms with van der Waals surface area (Å²) in [5, 5.41) is 3.05. The molecule has 0 aromatic heterocycles. The second-order valence-corrected chi connectivity index (χ2v) is 2.80. The van der Waals surface area contributed by atoms with Crippen LogP contribution in [0.4, 0.5) is 0 Å². The summed E-state index contributed by atoms with van der Waals surface area (Å²) in [4.78, 5) is 0. The lowest BCUT2D eigenvalue weighted by atomic mass is 10.5. The smallest absolute Gasteiger partial charge is 0.310 e. The lowest BCUT2D eigenvalue weighted by molar-refractivity contribution is 0.845. The lowest BCUT2D eigenvalue weighted by Gasteiger charge is -1.90. The van der Waals surface area contributed by atoms with Gasteiger partial charge in [0.25, 0.3) is 4.55 Å². The molecule has 1 N–H and O–H groups in total. The number of rotatable bonds is 5. The summed E-state index contributed by atoms with van der Waals surface area (Å²) < 4.78 is 1.35. The first-order valence-electron chi connectivity index (χ1n) is 4.05. The Morgan fingerprint density at radius 3 is 1.75 bits per heavy atom. The van der Waals surface area contributed by atoms with Gasteiger partial charge in [0.05, 0.1) is 0 Å². The van der Waals surface area contributed by atoms with Crippen molar-refractivity contribution >= 4 is 34.1 Å². The Labute approximate surface area is 95.5 Å². The normalized spacial score (nSPS) is 7.17. The molecule has 0 bridgehead atoms. The van der Waals surface area contributed by atoms with E-state index in [1.807, 2.05) is 33.9 Å². The van der Waals surface area contributed by atoms with Gasteiger partial charge in [0, 0.05) is 19.5 Å². The molecule has 0 saturated carbocycles. The molecule has 0 amide bonds. The van der Waals surface area contributed by atoms with Crippen LogP contribution in [-0.4, -0.2) is 34.8 Å². The summed E-state index contributed by atoms with van der Waals surface area (Å²) in [6.07, 6.45) is 4.98. The Morgan fingerprint density at radius 2 is 1.58 bits per heavy atom. The Hall–Kier alpha value is 0.496. The molecule has 0 aromatic rings. The molecular weight excluding hydrogens is 182 g/mol. The standard InChI is InChI=1S/C6H11N.C3H7.ClH.Mg/c1-3-5-7-6-4-2;1-3-2;;/h3-4,7H,1-2,5-6H2;1,3H2,2H3;1H;/q;;;+2. The molecule has 67 valence electrons. The molecule has 0 aliphatic carbocycles. The third-order valence-corrected chi connectivity index (χ3v) is 1.64. The molecule has 0 atom stereocenters. The summed E-state index contributed by atoms with van der Waals surface area (Å²) in [7, 11) is 0. The van der Waals surface area contributed by atoms with E-state index in [0.29, 0.717) is 0 Å². The number of hydrogen-bond acceptors (Lipinski definition) is 1. The van der Waals surface area contributed by atoms with E-state index < -0.39 is 0 Å². The van der Waals surface area contributed by atoms with Gasteiger partial charge in [-0.25, -0.2) is 0 Å². The van der Waals surface area contributed by atoms with Crippen LogP contribution < -0.4 is 5.32 Å². The minimum atomic E-state index is 0. The van der Waals surface area contributed by atoms with Crippen LogP contribution in [0.2, 0.25) is 4.55 Å². The molecule has 0 saturated heterocycles. The van der Waals surface area contributed by atoms with Crippen molar-refractivity contribution < 1.29 is 0 Å². The van der Waals surface area contributed by atoms with Crippen molar-refractivity contribution in [1.29, 1.82) is 0 Å². The van der Waals surface area contributed by atoms with Gasteiger partial charge < -0.3 is 5.32 Å². The van der Waals surface area contributed by atoms with Crippen molar-refractivity contribution in [3.8, 4) is 0 Å². The predicted octanol–water partition coefficient (Wildman–Crippen LogP) is 2.35. The van der Waals surface area contributed by atoms with Crippen molar-refractivity contribution in [1.82, 2.24) is 5.32 Å². The van der Waals surface area contributed by atoms with E-state index in [4.69, 9.17) is 0 Å². The molecule has 0 rings (SSSR count). The molecule has 12 heavy (non-hydrogen) atoms. The van der Waals surface area contributed by atoms with Gasteiger partial charge in [-0.15, -0.1) is 25.6 Å². The van der Waals surface area contributed by atoms with Crippen molar-refractivity contribution in [2.24, 2.45) is 0 Å². The maximum atomic E-state index is 3.54. The molecule has 1 nitrogen and oxygen atoms in total. The monoisotopic (exact) mass is 200 g/mol. The summed E-state index contributed by atoms with van der Waals surface area (Å²) in [6.45, 7) is 11.0. The molecule has 0 heterocycles. The molecule has 0 aliphatic heterocycles. The Morgan fingerprint density at radius 1 is 1.25 bits per heavy atom. The highest BCUT2D eigenvalue weighted by Crippen LogP contribution is 1.73. The SMILES string of the molecule is C=CCNCC=C.CC[CH2][Mg+2].Cl. The third kappa shape index (κ3) is 31.3. The van der Waals surface area contributed by atoms with Crippen molar-refractivity contribution in [3.05, 3.63) is 25.3 Å². The topological polar surface area (TPSA) is 12.0 Å². The van der Waals surface area contributed by atoms with E-state index in [1.165, 1.54) is 11.0 Å². The Kier molecular flexibility index (Phi) is 34.4. The van der Waals surface area contributed by atoms with Crippen molar-refractivity contribution in [3.63, 3.8) is 0 Å². The Bertz CT molecular complexity index is 76.6. The fourth-order valence-electron chi connectivity index (χ4n) is 0.287. The van der Waals surface area contributed by atoms with Gasteiger partial charge >= 0.3 is 21.7 Å². The third-order valence-electron chi connectivity index (χ3n) is 0.931. The van der Waals surface area contributed by atoms with Gasteiger partial charge in [-0.2, -0.15) is 0 Å². The van der Waals surface area contributed by atoms with Gasteiger partial charge in [0.1, 0.15) is 0 Å². The summed E-state index contributed by atoms with van der Waals surface area (Å²) >= 11 is 2.02. The van der Waals surface area contributed by atoms with Crippen LogP contribution in [-0.2, 0) is 0 Å². The molecule has 0 unspecified atom stereocenters. The fourth-order valence-corrected chi connectivity index (χ4v) is 0.287. The van der Waals surface area contributed by atoms with Crippen molar-refractivity contribution in [2.75, 3.05) is 13.1 Å². The molecule has 7 radical (unpaired) electrons. The molecule has 3 heteroatoms. The summed E-state index contributed by atoms with van der Waals surface area (Å²) in [6, 6.07) is 0. The molecule has 0 spiro atoms. The minimum Gasteiger partial charge on any atom is -0.310 e. The Balaban J connectivity index is -0.000000142. The van der Waals surface area contributed by atoms with Crippen LogP contribution in [0.1, 0.15) is 13.3 Å². The first-order valence-corrected chi connectivity index (χ1v) is 5.05. The number of hydrogen-bond donors (Lipinski definition) is 1. The fraction of sp³-hybridized carbons (Fsp3) is 0.556. The van der Waals surface area contributed by atoms with E-state index in [-0.39, 0.29) is 12.4 Å². The number of nitrogens with one attached hydrogen (secondary N) is 1. The van der Waals surface area contributed by atoms with Crippen LogP contribution in [0.15, 0.2) is 25.3 Å². The van der Waals surface area contributed by atoms with Crippen LogP contribution in [0.5, 0.6) is 0 Å². The maximum absolute atomic E-state index is 3.54. The zero-order valence-corrected chi connectivity index (χ0v) is 10.2. The summed E-state index contributed by atoms with van der Waals surface area (Å²) in [5.41, 5.74) is 0.